The Morgan fingerprint density at radius 2 is 1.89 bits per heavy atom. The van der Waals surface area contributed by atoms with E-state index in [1.807, 2.05) is 38.1 Å². The number of anilines is 1. The van der Waals surface area contributed by atoms with Crippen LogP contribution in [-0.2, 0) is 20.9 Å². The summed E-state index contributed by atoms with van der Waals surface area (Å²) in [5, 5.41) is 5.63. The molecule has 0 saturated carbocycles. The molecule has 150 valence electrons. The van der Waals surface area contributed by atoms with E-state index in [1.54, 1.807) is 20.8 Å². The maximum Gasteiger partial charge on any atom is 0.410 e. The van der Waals surface area contributed by atoms with Crippen LogP contribution in [0.25, 0.3) is 0 Å². The number of amides is 3. The normalized spacial score (nSPS) is 12.1. The third-order valence-corrected chi connectivity index (χ3v) is 3.83. The predicted octanol–water partition coefficient (Wildman–Crippen LogP) is 3.15. The second-order valence-electron chi connectivity index (χ2n) is 7.61. The Bertz CT molecular complexity index is 667. The second-order valence-corrected chi connectivity index (χ2v) is 7.61. The Morgan fingerprint density at radius 1 is 1.22 bits per heavy atom. The lowest BCUT2D eigenvalue weighted by molar-refractivity contribution is -0.122. The molecule has 0 heterocycles. The summed E-state index contributed by atoms with van der Waals surface area (Å²) >= 11 is 0. The van der Waals surface area contributed by atoms with E-state index >= 15 is 0 Å². The van der Waals surface area contributed by atoms with Crippen molar-refractivity contribution in [3.8, 4) is 0 Å². The van der Waals surface area contributed by atoms with Crippen LogP contribution in [0.4, 0.5) is 10.5 Å². The summed E-state index contributed by atoms with van der Waals surface area (Å²) in [6.45, 7) is 9.35. The van der Waals surface area contributed by atoms with Gasteiger partial charge >= 0.3 is 6.09 Å². The van der Waals surface area contributed by atoms with Gasteiger partial charge in [0.1, 0.15) is 12.1 Å². The van der Waals surface area contributed by atoms with Crippen molar-refractivity contribution in [3.63, 3.8) is 0 Å². The van der Waals surface area contributed by atoms with Crippen LogP contribution < -0.4 is 10.6 Å². The minimum Gasteiger partial charge on any atom is -0.444 e. The molecule has 0 bridgehead atoms. The first-order chi connectivity index (χ1) is 12.5. The number of nitrogens with zero attached hydrogens (tertiary/aromatic N) is 1. The molecule has 0 aliphatic rings. The number of rotatable bonds is 7. The van der Waals surface area contributed by atoms with E-state index in [0.717, 1.165) is 12.0 Å². The first-order valence-electron chi connectivity index (χ1n) is 9.12. The molecule has 0 aliphatic heterocycles. The highest BCUT2D eigenvalue weighted by Crippen LogP contribution is 2.13. The van der Waals surface area contributed by atoms with Crippen molar-refractivity contribution in [3.05, 3.63) is 29.8 Å². The molecule has 2 N–H and O–H groups in total. The van der Waals surface area contributed by atoms with Gasteiger partial charge in [-0.15, -0.1) is 0 Å². The zero-order valence-corrected chi connectivity index (χ0v) is 17.1. The highest BCUT2D eigenvalue weighted by molar-refractivity contribution is 5.92. The van der Waals surface area contributed by atoms with E-state index in [0.29, 0.717) is 12.2 Å². The molecule has 0 fully saturated rings. The first kappa shape index (κ1) is 22.5. The average Bonchev–Trinajstić information content (AvgIpc) is 2.58. The van der Waals surface area contributed by atoms with E-state index in [9.17, 15) is 14.4 Å². The summed E-state index contributed by atoms with van der Waals surface area (Å²) in [5.74, 6) is -0.383. The molecular formula is C20H31N3O4. The molecule has 1 aromatic rings. The summed E-state index contributed by atoms with van der Waals surface area (Å²) in [6.07, 6.45) is 0.222. The monoisotopic (exact) mass is 377 g/mol. The van der Waals surface area contributed by atoms with Crippen molar-refractivity contribution in [1.82, 2.24) is 10.2 Å². The van der Waals surface area contributed by atoms with Gasteiger partial charge in [-0.1, -0.05) is 26.0 Å². The summed E-state index contributed by atoms with van der Waals surface area (Å²) in [5.41, 5.74) is 0.935. The molecule has 0 aliphatic carbocycles. The van der Waals surface area contributed by atoms with Gasteiger partial charge in [0.15, 0.2) is 0 Å². The van der Waals surface area contributed by atoms with Crippen molar-refractivity contribution in [2.75, 3.05) is 18.9 Å². The molecule has 7 nitrogen and oxygen atoms in total. The zero-order valence-electron chi connectivity index (χ0n) is 17.1. The van der Waals surface area contributed by atoms with Gasteiger partial charge in [0.05, 0.1) is 0 Å². The maximum atomic E-state index is 12.1. The molecule has 0 aromatic heterocycles. The van der Waals surface area contributed by atoms with Crippen molar-refractivity contribution in [1.29, 1.82) is 0 Å². The average molecular weight is 377 g/mol. The Morgan fingerprint density at radius 3 is 2.48 bits per heavy atom. The number of hydrogen-bond donors (Lipinski definition) is 2. The van der Waals surface area contributed by atoms with Crippen LogP contribution in [-0.4, -0.2) is 42.0 Å². The van der Waals surface area contributed by atoms with E-state index in [4.69, 9.17) is 4.74 Å². The van der Waals surface area contributed by atoms with Crippen LogP contribution in [0, 0.1) is 5.92 Å². The van der Waals surface area contributed by atoms with Crippen molar-refractivity contribution in [2.24, 2.45) is 5.92 Å². The minimum atomic E-state index is -0.609. The van der Waals surface area contributed by atoms with Crippen LogP contribution in [0.2, 0.25) is 0 Å². The standard InChI is InChI=1S/C20H31N3O4/c1-7-14(2)18(25)22-16-10-8-9-15(11-16)12-21-17(24)13-23(6)19(26)27-20(3,4)5/h8-11,14H,7,12-13H2,1-6H3,(H,21,24)(H,22,25). The van der Waals surface area contributed by atoms with Gasteiger partial charge in [-0.05, 0) is 44.9 Å². The molecule has 7 heteroatoms. The van der Waals surface area contributed by atoms with Gasteiger partial charge in [0.2, 0.25) is 11.8 Å². The third-order valence-electron chi connectivity index (χ3n) is 3.83. The summed E-state index contributed by atoms with van der Waals surface area (Å²) < 4.78 is 5.21. The van der Waals surface area contributed by atoms with E-state index in [-0.39, 0.29) is 24.3 Å². The molecule has 1 atom stereocenters. The zero-order chi connectivity index (χ0) is 20.6. The molecule has 3 amide bonds. The Kier molecular flexibility index (Phi) is 8.28. The lowest BCUT2D eigenvalue weighted by atomic mass is 10.1. The van der Waals surface area contributed by atoms with Crippen molar-refractivity contribution >= 4 is 23.6 Å². The number of carbonyl (C=O) groups is 3. The second kappa shape index (κ2) is 9.94. The summed E-state index contributed by atoms with van der Waals surface area (Å²) in [7, 11) is 1.51. The maximum absolute atomic E-state index is 12.1. The number of benzene rings is 1. The fourth-order valence-electron chi connectivity index (χ4n) is 2.09. The molecule has 27 heavy (non-hydrogen) atoms. The topological polar surface area (TPSA) is 87.7 Å². The van der Waals surface area contributed by atoms with Gasteiger partial charge in [-0.3, -0.25) is 9.59 Å². The van der Waals surface area contributed by atoms with Gasteiger partial charge in [-0.25, -0.2) is 4.79 Å². The number of ether oxygens (including phenoxy) is 1. The van der Waals surface area contributed by atoms with E-state index in [1.165, 1.54) is 11.9 Å². The fourth-order valence-corrected chi connectivity index (χ4v) is 2.09. The highest BCUT2D eigenvalue weighted by atomic mass is 16.6. The van der Waals surface area contributed by atoms with E-state index < -0.39 is 11.7 Å². The Balaban J connectivity index is 2.53. The SMILES string of the molecule is CCC(C)C(=O)Nc1cccc(CNC(=O)CN(C)C(=O)OC(C)(C)C)c1. The molecule has 0 spiro atoms. The molecule has 1 aromatic carbocycles. The van der Waals surface area contributed by atoms with Crippen LogP contribution in [0.15, 0.2) is 24.3 Å². The molecule has 0 radical (unpaired) electrons. The number of nitrogens with one attached hydrogen (secondary N) is 2. The molecule has 0 saturated heterocycles. The van der Waals surface area contributed by atoms with Crippen molar-refractivity contribution in [2.45, 2.75) is 53.2 Å². The largest absolute Gasteiger partial charge is 0.444 e. The first-order valence-corrected chi connectivity index (χ1v) is 9.12. The van der Waals surface area contributed by atoms with E-state index in [2.05, 4.69) is 10.6 Å². The molecule has 1 rings (SSSR count). The number of hydrogen-bond acceptors (Lipinski definition) is 4. The van der Waals surface area contributed by atoms with Gasteiger partial charge in [-0.2, -0.15) is 0 Å². The smallest absolute Gasteiger partial charge is 0.410 e. The summed E-state index contributed by atoms with van der Waals surface area (Å²) in [6, 6.07) is 7.30. The summed E-state index contributed by atoms with van der Waals surface area (Å²) in [4.78, 5) is 37.1. The third kappa shape index (κ3) is 8.57. The lowest BCUT2D eigenvalue weighted by Gasteiger charge is -2.24. The van der Waals surface area contributed by atoms with Gasteiger partial charge in [0.25, 0.3) is 0 Å². The van der Waals surface area contributed by atoms with Crippen molar-refractivity contribution < 1.29 is 19.1 Å². The van der Waals surface area contributed by atoms with Gasteiger partial charge < -0.3 is 20.3 Å². The van der Waals surface area contributed by atoms with Crippen LogP contribution in [0.3, 0.4) is 0 Å². The predicted molar refractivity (Wildman–Crippen MR) is 105 cm³/mol. The Labute approximate surface area is 161 Å². The minimum absolute atomic E-state index is 0.0299. The lowest BCUT2D eigenvalue weighted by Crippen LogP contribution is -2.40. The fraction of sp³-hybridized carbons (Fsp3) is 0.550. The Hall–Kier alpha value is -2.57. The molecule has 1 unspecified atom stereocenters. The number of carbonyl (C=O) groups excluding carboxylic acids is 3. The van der Waals surface area contributed by atoms with Crippen LogP contribution >= 0.6 is 0 Å². The molecular weight excluding hydrogens is 346 g/mol. The quantitative estimate of drug-likeness (QED) is 0.764. The van der Waals surface area contributed by atoms with Crippen LogP contribution in [0.5, 0.6) is 0 Å². The highest BCUT2D eigenvalue weighted by Gasteiger charge is 2.21. The van der Waals surface area contributed by atoms with Crippen LogP contribution in [0.1, 0.15) is 46.6 Å². The number of likely N-dealkylation sites (N-methyl/N-ethyl adjacent to an activating group) is 1. The van der Waals surface area contributed by atoms with Gasteiger partial charge in [0, 0.05) is 25.2 Å².